The standard InChI is InChI=1S/C13H17NO2.C9H8ClNO.2C2H6/c1-14-9-11-8-10(4-3-7-16-2)5-6-12(11)13(14)15;1-11-5-7-6(9(11)12)3-2-4-8(7)10;2*1-2/h5-6,8H,3-4,7,9H2,1-2H3;2-4H,5H2,1H3;2*1-2H3. The number of hydrogen-bond donors (Lipinski definition) is 0. The van der Waals surface area contributed by atoms with Gasteiger partial charge in [0.15, 0.2) is 0 Å². The van der Waals surface area contributed by atoms with Crippen molar-refractivity contribution >= 4 is 23.4 Å². The van der Waals surface area contributed by atoms with E-state index in [1.54, 1.807) is 30.0 Å². The second-order valence-electron chi connectivity index (χ2n) is 7.18. The van der Waals surface area contributed by atoms with Crippen LogP contribution in [-0.4, -0.2) is 49.4 Å². The number of halogens is 1. The van der Waals surface area contributed by atoms with Gasteiger partial charge < -0.3 is 14.5 Å². The van der Waals surface area contributed by atoms with E-state index in [4.69, 9.17) is 16.3 Å². The first kappa shape index (κ1) is 27.7. The summed E-state index contributed by atoms with van der Waals surface area (Å²) in [6.07, 6.45) is 2.04. The highest BCUT2D eigenvalue weighted by molar-refractivity contribution is 6.32. The van der Waals surface area contributed by atoms with E-state index in [0.29, 0.717) is 11.6 Å². The quantitative estimate of drug-likeness (QED) is 0.539. The van der Waals surface area contributed by atoms with Gasteiger partial charge in [-0.25, -0.2) is 0 Å². The molecule has 0 saturated heterocycles. The van der Waals surface area contributed by atoms with Crippen molar-refractivity contribution < 1.29 is 14.3 Å². The van der Waals surface area contributed by atoms with Crippen LogP contribution in [0.2, 0.25) is 5.02 Å². The Morgan fingerprint density at radius 3 is 2.16 bits per heavy atom. The van der Waals surface area contributed by atoms with Crippen LogP contribution in [-0.2, 0) is 24.2 Å². The van der Waals surface area contributed by atoms with Crippen LogP contribution >= 0.6 is 11.6 Å². The van der Waals surface area contributed by atoms with Gasteiger partial charge in [-0.05, 0) is 42.2 Å². The Hall–Kier alpha value is -2.37. The lowest BCUT2D eigenvalue weighted by Crippen LogP contribution is -2.17. The molecule has 2 aliphatic heterocycles. The molecule has 176 valence electrons. The molecular weight excluding hydrogens is 424 g/mol. The van der Waals surface area contributed by atoms with Crippen molar-refractivity contribution in [1.29, 1.82) is 0 Å². The number of fused-ring (bicyclic) bond motifs is 2. The van der Waals surface area contributed by atoms with E-state index < -0.39 is 0 Å². The van der Waals surface area contributed by atoms with Gasteiger partial charge in [-0.2, -0.15) is 0 Å². The van der Waals surface area contributed by atoms with Gasteiger partial charge >= 0.3 is 0 Å². The lowest BCUT2D eigenvalue weighted by Gasteiger charge is -2.04. The van der Waals surface area contributed by atoms with Crippen LogP contribution in [0.25, 0.3) is 0 Å². The van der Waals surface area contributed by atoms with Crippen LogP contribution < -0.4 is 0 Å². The Labute approximate surface area is 198 Å². The molecular formula is C26H37ClN2O3. The van der Waals surface area contributed by atoms with Gasteiger partial charge in [0.05, 0.1) is 0 Å². The van der Waals surface area contributed by atoms with E-state index in [9.17, 15) is 9.59 Å². The predicted octanol–water partition coefficient (Wildman–Crippen LogP) is 5.83. The van der Waals surface area contributed by atoms with E-state index in [-0.39, 0.29) is 11.8 Å². The molecule has 32 heavy (non-hydrogen) atoms. The van der Waals surface area contributed by atoms with Crippen LogP contribution in [0.3, 0.4) is 0 Å². The minimum atomic E-state index is 0.0625. The lowest BCUT2D eigenvalue weighted by molar-refractivity contribution is 0.0809. The molecule has 0 radical (unpaired) electrons. The van der Waals surface area contributed by atoms with Crippen LogP contribution in [0, 0.1) is 0 Å². The minimum absolute atomic E-state index is 0.0625. The largest absolute Gasteiger partial charge is 0.385 e. The third-order valence-corrected chi connectivity index (χ3v) is 5.41. The van der Waals surface area contributed by atoms with Gasteiger partial charge in [0.25, 0.3) is 11.8 Å². The second kappa shape index (κ2) is 13.9. The van der Waals surface area contributed by atoms with Crippen molar-refractivity contribution in [3.05, 3.63) is 69.2 Å². The second-order valence-corrected chi connectivity index (χ2v) is 7.58. The van der Waals surface area contributed by atoms with Crippen LogP contribution in [0.5, 0.6) is 0 Å². The summed E-state index contributed by atoms with van der Waals surface area (Å²) in [5.41, 5.74) is 5.00. The molecule has 0 N–H and O–H groups in total. The molecule has 0 bridgehead atoms. The Balaban J connectivity index is 0.000000285. The molecule has 0 unspecified atom stereocenters. The van der Waals surface area contributed by atoms with Gasteiger partial charge in [-0.15, -0.1) is 0 Å². The van der Waals surface area contributed by atoms with E-state index in [0.717, 1.165) is 48.2 Å². The maximum Gasteiger partial charge on any atom is 0.254 e. The van der Waals surface area contributed by atoms with Gasteiger partial charge in [0.1, 0.15) is 0 Å². The monoisotopic (exact) mass is 460 g/mol. The third-order valence-electron chi connectivity index (χ3n) is 5.06. The molecule has 2 amide bonds. The molecule has 2 aromatic rings. The lowest BCUT2D eigenvalue weighted by atomic mass is 10.0. The summed E-state index contributed by atoms with van der Waals surface area (Å²) in [7, 11) is 5.34. The maximum absolute atomic E-state index is 11.7. The summed E-state index contributed by atoms with van der Waals surface area (Å²) in [6.45, 7) is 10.2. The Morgan fingerprint density at radius 2 is 1.53 bits per heavy atom. The predicted molar refractivity (Wildman–Crippen MR) is 132 cm³/mol. The first-order valence-electron chi connectivity index (χ1n) is 11.3. The number of carbonyl (C=O) groups excluding carboxylic acids is 2. The van der Waals surface area contributed by atoms with Crippen LogP contribution in [0.4, 0.5) is 0 Å². The summed E-state index contributed by atoms with van der Waals surface area (Å²) < 4.78 is 5.03. The zero-order chi connectivity index (χ0) is 24.3. The van der Waals surface area contributed by atoms with Crippen molar-refractivity contribution in [2.24, 2.45) is 0 Å². The summed E-state index contributed by atoms with van der Waals surface area (Å²) >= 11 is 5.92. The average Bonchev–Trinajstić information content (AvgIpc) is 3.27. The number of rotatable bonds is 4. The zero-order valence-corrected chi connectivity index (χ0v) is 21.3. The number of aryl methyl sites for hydroxylation is 1. The third kappa shape index (κ3) is 6.81. The van der Waals surface area contributed by atoms with Crippen LogP contribution in [0.1, 0.15) is 71.5 Å². The van der Waals surface area contributed by atoms with Crippen molar-refractivity contribution in [1.82, 2.24) is 9.80 Å². The smallest absolute Gasteiger partial charge is 0.254 e. The summed E-state index contributed by atoms with van der Waals surface area (Å²) in [5, 5.41) is 0.685. The molecule has 0 saturated carbocycles. The molecule has 0 atom stereocenters. The van der Waals surface area contributed by atoms with E-state index in [1.165, 1.54) is 5.56 Å². The maximum atomic E-state index is 11.7. The molecule has 2 aromatic carbocycles. The fourth-order valence-electron chi connectivity index (χ4n) is 3.53. The molecule has 2 heterocycles. The molecule has 6 heteroatoms. The van der Waals surface area contributed by atoms with Gasteiger partial charge in [-0.3, -0.25) is 9.59 Å². The van der Waals surface area contributed by atoms with Crippen molar-refractivity contribution in [3.8, 4) is 0 Å². The number of hydrogen-bond acceptors (Lipinski definition) is 3. The SMILES string of the molecule is CC.CC.CN1Cc2c(Cl)cccc2C1=O.COCCCc1ccc2c(c1)CN(C)C2=O. The zero-order valence-electron chi connectivity index (χ0n) is 20.5. The number of benzene rings is 2. The Morgan fingerprint density at radius 1 is 0.906 bits per heavy atom. The van der Waals surface area contributed by atoms with Gasteiger partial charge in [0, 0.05) is 62.6 Å². The first-order valence-corrected chi connectivity index (χ1v) is 11.7. The molecule has 4 rings (SSSR count). The molecule has 0 aromatic heterocycles. The highest BCUT2D eigenvalue weighted by Gasteiger charge is 2.25. The van der Waals surface area contributed by atoms with Crippen LogP contribution in [0.15, 0.2) is 36.4 Å². The number of ether oxygens (including phenoxy) is 1. The Kier molecular flexibility index (Phi) is 12.0. The molecule has 2 aliphatic rings. The number of amides is 2. The minimum Gasteiger partial charge on any atom is -0.385 e. The Bertz CT molecular complexity index is 899. The summed E-state index contributed by atoms with van der Waals surface area (Å²) in [4.78, 5) is 26.5. The number of nitrogens with zero attached hydrogens (tertiary/aromatic N) is 2. The number of methoxy groups -OCH3 is 1. The topological polar surface area (TPSA) is 49.9 Å². The van der Waals surface area contributed by atoms with Gasteiger partial charge in [0.2, 0.25) is 0 Å². The molecule has 0 spiro atoms. The van der Waals surface area contributed by atoms with Crippen molar-refractivity contribution in [2.75, 3.05) is 27.8 Å². The van der Waals surface area contributed by atoms with E-state index in [2.05, 4.69) is 6.07 Å². The molecule has 5 nitrogen and oxygen atoms in total. The normalized spacial score (nSPS) is 13.2. The highest BCUT2D eigenvalue weighted by Crippen LogP contribution is 2.27. The molecule has 0 fully saturated rings. The fraction of sp³-hybridized carbons (Fsp3) is 0.462. The summed E-state index contributed by atoms with van der Waals surface area (Å²) in [5.74, 6) is 0.200. The molecule has 0 aliphatic carbocycles. The first-order chi connectivity index (χ1) is 15.4. The highest BCUT2D eigenvalue weighted by atomic mass is 35.5. The van der Waals surface area contributed by atoms with E-state index >= 15 is 0 Å². The summed E-state index contributed by atoms with van der Waals surface area (Å²) in [6, 6.07) is 11.6. The number of carbonyl (C=O) groups is 2. The fourth-order valence-corrected chi connectivity index (χ4v) is 3.76. The van der Waals surface area contributed by atoms with Crippen molar-refractivity contribution in [2.45, 2.75) is 53.6 Å². The van der Waals surface area contributed by atoms with Gasteiger partial charge in [-0.1, -0.05) is 57.5 Å². The van der Waals surface area contributed by atoms with Crippen molar-refractivity contribution in [3.63, 3.8) is 0 Å². The average molecular weight is 461 g/mol. The van der Waals surface area contributed by atoms with E-state index in [1.807, 2.05) is 59.0 Å².